The number of thiophene rings is 1. The van der Waals surface area contributed by atoms with Gasteiger partial charge < -0.3 is 5.11 Å². The van der Waals surface area contributed by atoms with E-state index < -0.39 is 5.97 Å². The molecule has 0 atom stereocenters. The summed E-state index contributed by atoms with van der Waals surface area (Å²) in [6.07, 6.45) is 0. The molecule has 1 N–H and O–H groups in total. The fraction of sp³-hybridized carbons (Fsp3) is 0.267. The van der Waals surface area contributed by atoms with Crippen LogP contribution >= 0.6 is 27.3 Å². The first kappa shape index (κ1) is 15.2. The Morgan fingerprint density at radius 1 is 1.30 bits per heavy atom. The van der Waals surface area contributed by atoms with Crippen molar-refractivity contribution in [3.05, 3.63) is 55.7 Å². The quantitative estimate of drug-likeness (QED) is 0.877. The van der Waals surface area contributed by atoms with Crippen molar-refractivity contribution in [3.8, 4) is 0 Å². The summed E-state index contributed by atoms with van der Waals surface area (Å²) in [7, 11) is 2.04. The van der Waals surface area contributed by atoms with Crippen LogP contribution in [0.5, 0.6) is 0 Å². The van der Waals surface area contributed by atoms with E-state index in [-0.39, 0.29) is 0 Å². The number of hydrogen-bond donors (Lipinski definition) is 1. The van der Waals surface area contributed by atoms with Gasteiger partial charge in [-0.15, -0.1) is 11.3 Å². The molecule has 2 aromatic rings. The van der Waals surface area contributed by atoms with E-state index in [1.165, 1.54) is 16.9 Å². The molecule has 106 valence electrons. The zero-order valence-electron chi connectivity index (χ0n) is 11.4. The van der Waals surface area contributed by atoms with Crippen molar-refractivity contribution in [1.82, 2.24) is 4.90 Å². The van der Waals surface area contributed by atoms with Crippen molar-refractivity contribution in [2.45, 2.75) is 20.0 Å². The smallest absolute Gasteiger partial charge is 0.345 e. The Morgan fingerprint density at radius 3 is 2.50 bits per heavy atom. The van der Waals surface area contributed by atoms with Crippen LogP contribution < -0.4 is 0 Å². The minimum Gasteiger partial charge on any atom is -0.477 e. The van der Waals surface area contributed by atoms with Crippen molar-refractivity contribution >= 4 is 33.2 Å². The largest absolute Gasteiger partial charge is 0.477 e. The highest BCUT2D eigenvalue weighted by atomic mass is 79.9. The standard InChI is InChI=1S/C15H16BrNO2S/c1-10-12(7-14(20-10)15(18)19)9-17(2)8-11-3-5-13(16)6-4-11/h3-7H,8-9H2,1-2H3,(H,18,19). The molecule has 0 aliphatic heterocycles. The number of hydrogen-bond acceptors (Lipinski definition) is 3. The van der Waals surface area contributed by atoms with Crippen LogP contribution in [-0.4, -0.2) is 23.0 Å². The molecule has 1 heterocycles. The van der Waals surface area contributed by atoms with E-state index in [0.717, 1.165) is 28.0 Å². The molecule has 0 saturated carbocycles. The number of nitrogens with zero attached hydrogens (tertiary/aromatic N) is 1. The number of aromatic carboxylic acids is 1. The van der Waals surface area contributed by atoms with Gasteiger partial charge in [-0.05, 0) is 43.3 Å². The molecule has 0 amide bonds. The predicted molar refractivity (Wildman–Crippen MR) is 85.3 cm³/mol. The molecule has 1 aromatic heterocycles. The van der Waals surface area contributed by atoms with Gasteiger partial charge in [0.1, 0.15) is 4.88 Å². The van der Waals surface area contributed by atoms with Crippen LogP contribution in [0, 0.1) is 6.92 Å². The monoisotopic (exact) mass is 353 g/mol. The Kier molecular flexibility index (Phi) is 4.96. The van der Waals surface area contributed by atoms with Crippen LogP contribution in [-0.2, 0) is 13.1 Å². The predicted octanol–water partition coefficient (Wildman–Crippen LogP) is 4.15. The molecule has 0 aliphatic carbocycles. The molecule has 0 aliphatic rings. The Labute approximate surface area is 131 Å². The van der Waals surface area contributed by atoms with Gasteiger partial charge in [-0.25, -0.2) is 4.79 Å². The van der Waals surface area contributed by atoms with Gasteiger partial charge in [0.05, 0.1) is 0 Å². The number of carbonyl (C=O) groups is 1. The summed E-state index contributed by atoms with van der Waals surface area (Å²) >= 11 is 4.76. The number of aryl methyl sites for hydroxylation is 1. The lowest BCUT2D eigenvalue weighted by Crippen LogP contribution is -2.17. The lowest BCUT2D eigenvalue weighted by molar-refractivity contribution is 0.0702. The maximum absolute atomic E-state index is 11.0. The third kappa shape index (κ3) is 3.91. The van der Waals surface area contributed by atoms with Crippen LogP contribution in [0.3, 0.4) is 0 Å². The summed E-state index contributed by atoms with van der Waals surface area (Å²) in [4.78, 5) is 14.6. The fourth-order valence-corrected chi connectivity index (χ4v) is 3.17. The van der Waals surface area contributed by atoms with Gasteiger partial charge in [0, 0.05) is 22.4 Å². The lowest BCUT2D eigenvalue weighted by Gasteiger charge is -2.16. The minimum atomic E-state index is -0.847. The topological polar surface area (TPSA) is 40.5 Å². The van der Waals surface area contributed by atoms with E-state index in [0.29, 0.717) is 4.88 Å². The molecule has 3 nitrogen and oxygen atoms in total. The second-order valence-corrected chi connectivity index (χ2v) is 6.97. The molecular weight excluding hydrogens is 338 g/mol. The molecule has 0 radical (unpaired) electrons. The highest BCUT2D eigenvalue weighted by Crippen LogP contribution is 2.23. The second kappa shape index (κ2) is 6.52. The van der Waals surface area contributed by atoms with Crippen LogP contribution in [0.4, 0.5) is 0 Å². The number of carboxylic acids is 1. The Morgan fingerprint density at radius 2 is 1.95 bits per heavy atom. The van der Waals surface area contributed by atoms with E-state index in [9.17, 15) is 4.79 Å². The van der Waals surface area contributed by atoms with E-state index in [4.69, 9.17) is 5.11 Å². The maximum Gasteiger partial charge on any atom is 0.345 e. The molecule has 1 aromatic carbocycles. The van der Waals surface area contributed by atoms with Gasteiger partial charge in [0.25, 0.3) is 0 Å². The molecule has 0 saturated heterocycles. The molecular formula is C15H16BrNO2S. The van der Waals surface area contributed by atoms with Gasteiger partial charge in [0.2, 0.25) is 0 Å². The molecule has 0 bridgehead atoms. The van der Waals surface area contributed by atoms with Crippen LogP contribution in [0.15, 0.2) is 34.8 Å². The summed E-state index contributed by atoms with van der Waals surface area (Å²) in [5, 5.41) is 9.01. The summed E-state index contributed by atoms with van der Waals surface area (Å²) in [5.41, 5.74) is 2.33. The Balaban J connectivity index is 2.02. The van der Waals surface area contributed by atoms with Gasteiger partial charge >= 0.3 is 5.97 Å². The van der Waals surface area contributed by atoms with Crippen molar-refractivity contribution in [3.63, 3.8) is 0 Å². The van der Waals surface area contributed by atoms with Gasteiger partial charge in [-0.3, -0.25) is 4.90 Å². The van der Waals surface area contributed by atoms with Gasteiger partial charge in [-0.2, -0.15) is 0 Å². The van der Waals surface area contributed by atoms with E-state index in [1.54, 1.807) is 6.07 Å². The van der Waals surface area contributed by atoms with E-state index in [2.05, 4.69) is 33.0 Å². The first-order chi connectivity index (χ1) is 9.45. The number of halogens is 1. The number of carboxylic acid groups (broad SMARTS) is 1. The van der Waals surface area contributed by atoms with Gasteiger partial charge in [0.15, 0.2) is 0 Å². The number of rotatable bonds is 5. The van der Waals surface area contributed by atoms with Gasteiger partial charge in [-0.1, -0.05) is 28.1 Å². The van der Waals surface area contributed by atoms with E-state index in [1.807, 2.05) is 26.1 Å². The first-order valence-corrected chi connectivity index (χ1v) is 7.82. The minimum absolute atomic E-state index is 0.412. The third-order valence-corrected chi connectivity index (χ3v) is 4.65. The summed E-state index contributed by atoms with van der Waals surface area (Å²) in [6, 6.07) is 10.0. The molecule has 0 fully saturated rings. The summed E-state index contributed by atoms with van der Waals surface area (Å²) in [6.45, 7) is 3.57. The van der Waals surface area contributed by atoms with Crippen molar-refractivity contribution in [1.29, 1.82) is 0 Å². The zero-order valence-corrected chi connectivity index (χ0v) is 13.8. The molecule has 2 rings (SSSR count). The third-order valence-electron chi connectivity index (χ3n) is 3.04. The average molecular weight is 354 g/mol. The molecule has 0 spiro atoms. The average Bonchev–Trinajstić information content (AvgIpc) is 2.74. The van der Waals surface area contributed by atoms with Crippen LogP contribution in [0.1, 0.15) is 25.7 Å². The zero-order chi connectivity index (χ0) is 14.7. The van der Waals surface area contributed by atoms with Crippen LogP contribution in [0.2, 0.25) is 0 Å². The summed E-state index contributed by atoms with van der Waals surface area (Å²) in [5.74, 6) is -0.847. The van der Waals surface area contributed by atoms with E-state index >= 15 is 0 Å². The first-order valence-electron chi connectivity index (χ1n) is 6.21. The molecule has 5 heteroatoms. The maximum atomic E-state index is 11.0. The molecule has 0 unspecified atom stereocenters. The number of benzene rings is 1. The summed E-state index contributed by atoms with van der Waals surface area (Å²) < 4.78 is 1.07. The molecule has 20 heavy (non-hydrogen) atoms. The van der Waals surface area contributed by atoms with Crippen molar-refractivity contribution in [2.75, 3.05) is 7.05 Å². The lowest BCUT2D eigenvalue weighted by atomic mass is 10.2. The van der Waals surface area contributed by atoms with Crippen molar-refractivity contribution in [2.24, 2.45) is 0 Å². The highest BCUT2D eigenvalue weighted by Gasteiger charge is 2.12. The highest BCUT2D eigenvalue weighted by molar-refractivity contribution is 9.10. The second-order valence-electron chi connectivity index (χ2n) is 4.80. The van der Waals surface area contributed by atoms with Crippen molar-refractivity contribution < 1.29 is 9.90 Å². The van der Waals surface area contributed by atoms with Crippen LogP contribution in [0.25, 0.3) is 0 Å². The Hall–Kier alpha value is -1.17. The fourth-order valence-electron chi connectivity index (χ4n) is 2.03. The Bertz CT molecular complexity index is 607. The SMILES string of the molecule is Cc1sc(C(=O)O)cc1CN(C)Cc1ccc(Br)cc1. The normalized spacial score (nSPS) is 11.0.